The molecule has 1 rings (SSSR count). The van der Waals surface area contributed by atoms with Gasteiger partial charge in [0.25, 0.3) is 0 Å². The van der Waals surface area contributed by atoms with Gasteiger partial charge < -0.3 is 11.1 Å². The zero-order chi connectivity index (χ0) is 10.6. The average Bonchev–Trinajstić information content (AvgIpc) is 2.16. The highest BCUT2D eigenvalue weighted by atomic mass is 79.9. The second-order valence-corrected chi connectivity index (χ2v) is 4.36. The standard InChI is InChI=1S/C9H15BrN4/c1-6(2)8(11)4-13-9-7(10)3-12-5-14-9/h3,5-6,8H,4,11H2,1-2H3,(H,12,13,14). The number of aromatic nitrogens is 2. The van der Waals surface area contributed by atoms with E-state index in [-0.39, 0.29) is 6.04 Å². The minimum atomic E-state index is 0.136. The van der Waals surface area contributed by atoms with Gasteiger partial charge in [0.05, 0.1) is 4.47 Å². The highest BCUT2D eigenvalue weighted by molar-refractivity contribution is 9.10. The van der Waals surface area contributed by atoms with Crippen molar-refractivity contribution < 1.29 is 0 Å². The minimum absolute atomic E-state index is 0.136. The summed E-state index contributed by atoms with van der Waals surface area (Å²) in [6.45, 7) is 4.91. The first-order chi connectivity index (χ1) is 6.61. The first-order valence-electron chi connectivity index (χ1n) is 4.56. The maximum absolute atomic E-state index is 5.89. The Kier molecular flexibility index (Phi) is 4.28. The average molecular weight is 259 g/mol. The molecule has 4 nitrogen and oxygen atoms in total. The predicted molar refractivity (Wildman–Crippen MR) is 61.0 cm³/mol. The van der Waals surface area contributed by atoms with E-state index in [9.17, 15) is 0 Å². The highest BCUT2D eigenvalue weighted by Crippen LogP contribution is 2.16. The second-order valence-electron chi connectivity index (χ2n) is 3.51. The predicted octanol–water partition coefficient (Wildman–Crippen LogP) is 1.63. The zero-order valence-corrected chi connectivity index (χ0v) is 9.95. The molecule has 0 amide bonds. The van der Waals surface area contributed by atoms with Gasteiger partial charge in [0.15, 0.2) is 0 Å². The quantitative estimate of drug-likeness (QED) is 0.862. The molecule has 0 saturated carbocycles. The van der Waals surface area contributed by atoms with Crippen molar-refractivity contribution in [1.29, 1.82) is 0 Å². The second kappa shape index (κ2) is 5.26. The number of hydrogen-bond donors (Lipinski definition) is 2. The number of halogens is 1. The summed E-state index contributed by atoms with van der Waals surface area (Å²) in [5.74, 6) is 1.25. The highest BCUT2D eigenvalue weighted by Gasteiger charge is 2.08. The number of nitrogens with zero attached hydrogens (tertiary/aromatic N) is 2. The fourth-order valence-corrected chi connectivity index (χ4v) is 1.25. The summed E-state index contributed by atoms with van der Waals surface area (Å²) in [5, 5.41) is 3.17. The minimum Gasteiger partial charge on any atom is -0.367 e. The molecule has 0 bridgehead atoms. The summed E-state index contributed by atoms with van der Waals surface area (Å²) >= 11 is 3.36. The van der Waals surface area contributed by atoms with Gasteiger partial charge in [-0.3, -0.25) is 0 Å². The fraction of sp³-hybridized carbons (Fsp3) is 0.556. The number of nitrogens with two attached hydrogens (primary N) is 1. The largest absolute Gasteiger partial charge is 0.367 e. The molecule has 0 radical (unpaired) electrons. The van der Waals surface area contributed by atoms with E-state index in [1.807, 2.05) is 0 Å². The molecule has 0 aromatic carbocycles. The van der Waals surface area contributed by atoms with Crippen LogP contribution in [0.1, 0.15) is 13.8 Å². The Labute approximate surface area is 92.5 Å². The Morgan fingerprint density at radius 2 is 2.29 bits per heavy atom. The van der Waals surface area contributed by atoms with Crippen molar-refractivity contribution in [2.24, 2.45) is 11.7 Å². The molecule has 0 fully saturated rings. The molecule has 78 valence electrons. The summed E-state index contributed by atoms with van der Waals surface area (Å²) in [7, 11) is 0. The van der Waals surface area contributed by atoms with Crippen LogP contribution in [0.4, 0.5) is 5.82 Å². The van der Waals surface area contributed by atoms with E-state index >= 15 is 0 Å². The summed E-state index contributed by atoms with van der Waals surface area (Å²) in [6.07, 6.45) is 3.21. The molecule has 1 aromatic heterocycles. The van der Waals surface area contributed by atoms with E-state index in [0.29, 0.717) is 12.5 Å². The lowest BCUT2D eigenvalue weighted by Gasteiger charge is -2.16. The van der Waals surface area contributed by atoms with E-state index in [4.69, 9.17) is 5.73 Å². The molecule has 14 heavy (non-hydrogen) atoms. The number of rotatable bonds is 4. The van der Waals surface area contributed by atoms with Crippen molar-refractivity contribution >= 4 is 21.7 Å². The van der Waals surface area contributed by atoms with Crippen molar-refractivity contribution in [3.8, 4) is 0 Å². The lowest BCUT2D eigenvalue weighted by Crippen LogP contribution is -2.34. The van der Waals surface area contributed by atoms with Gasteiger partial charge >= 0.3 is 0 Å². The zero-order valence-electron chi connectivity index (χ0n) is 8.37. The third-order valence-corrected chi connectivity index (χ3v) is 2.61. The number of nitrogens with one attached hydrogen (secondary N) is 1. The van der Waals surface area contributed by atoms with Gasteiger partial charge in [-0.25, -0.2) is 9.97 Å². The van der Waals surface area contributed by atoms with Gasteiger partial charge in [0.1, 0.15) is 12.1 Å². The SMILES string of the molecule is CC(C)C(N)CNc1ncncc1Br. The van der Waals surface area contributed by atoms with Crippen LogP contribution in [0.5, 0.6) is 0 Å². The maximum Gasteiger partial charge on any atom is 0.143 e. The third-order valence-electron chi connectivity index (χ3n) is 2.03. The van der Waals surface area contributed by atoms with Crippen LogP contribution in [0.3, 0.4) is 0 Å². The van der Waals surface area contributed by atoms with Crippen LogP contribution in [0.15, 0.2) is 17.0 Å². The summed E-state index contributed by atoms with van der Waals surface area (Å²) in [6, 6.07) is 0.136. The molecule has 1 aromatic rings. The Morgan fingerprint density at radius 3 is 2.86 bits per heavy atom. The fourth-order valence-electron chi connectivity index (χ4n) is 0.893. The van der Waals surface area contributed by atoms with Gasteiger partial charge in [0.2, 0.25) is 0 Å². The van der Waals surface area contributed by atoms with Gasteiger partial charge in [0, 0.05) is 18.8 Å². The Morgan fingerprint density at radius 1 is 1.57 bits per heavy atom. The van der Waals surface area contributed by atoms with E-state index in [1.54, 1.807) is 6.20 Å². The first-order valence-corrected chi connectivity index (χ1v) is 5.35. The van der Waals surface area contributed by atoms with Crippen molar-refractivity contribution in [3.05, 3.63) is 17.0 Å². The van der Waals surface area contributed by atoms with Crippen molar-refractivity contribution in [1.82, 2.24) is 9.97 Å². The number of anilines is 1. The topological polar surface area (TPSA) is 63.8 Å². The van der Waals surface area contributed by atoms with Crippen LogP contribution in [0.25, 0.3) is 0 Å². The van der Waals surface area contributed by atoms with E-state index in [2.05, 4.69) is 45.1 Å². The smallest absolute Gasteiger partial charge is 0.143 e. The van der Waals surface area contributed by atoms with Crippen LogP contribution < -0.4 is 11.1 Å². The molecule has 3 N–H and O–H groups in total. The molecule has 0 spiro atoms. The van der Waals surface area contributed by atoms with Gasteiger partial charge in [-0.1, -0.05) is 13.8 Å². The normalized spacial score (nSPS) is 12.9. The van der Waals surface area contributed by atoms with E-state index in [0.717, 1.165) is 10.3 Å². The lowest BCUT2D eigenvalue weighted by molar-refractivity contribution is 0.511. The van der Waals surface area contributed by atoms with Crippen molar-refractivity contribution in [2.45, 2.75) is 19.9 Å². The molecule has 1 unspecified atom stereocenters. The van der Waals surface area contributed by atoms with Crippen LogP contribution in [0, 0.1) is 5.92 Å². The molecule has 0 aliphatic carbocycles. The summed E-state index contributed by atoms with van der Waals surface area (Å²) in [4.78, 5) is 7.96. The molecule has 1 atom stereocenters. The van der Waals surface area contributed by atoms with Crippen LogP contribution in [-0.4, -0.2) is 22.6 Å². The van der Waals surface area contributed by atoms with Gasteiger partial charge in [-0.05, 0) is 21.8 Å². The molecule has 0 aliphatic rings. The third kappa shape index (κ3) is 3.23. The molecule has 0 saturated heterocycles. The molecule has 0 aliphatic heterocycles. The maximum atomic E-state index is 5.89. The summed E-state index contributed by atoms with van der Waals surface area (Å²) in [5.41, 5.74) is 5.89. The van der Waals surface area contributed by atoms with E-state index < -0.39 is 0 Å². The molecule has 5 heteroatoms. The Balaban J connectivity index is 2.50. The van der Waals surface area contributed by atoms with Gasteiger partial charge in [-0.15, -0.1) is 0 Å². The van der Waals surface area contributed by atoms with Crippen LogP contribution >= 0.6 is 15.9 Å². The van der Waals surface area contributed by atoms with Crippen molar-refractivity contribution in [3.63, 3.8) is 0 Å². The molecular formula is C9H15BrN4. The first kappa shape index (κ1) is 11.4. The van der Waals surface area contributed by atoms with Gasteiger partial charge in [-0.2, -0.15) is 0 Å². The molecule has 1 heterocycles. The van der Waals surface area contributed by atoms with E-state index in [1.165, 1.54) is 6.33 Å². The lowest BCUT2D eigenvalue weighted by atomic mass is 10.1. The monoisotopic (exact) mass is 258 g/mol. The Bertz CT molecular complexity index is 290. The molecular weight excluding hydrogens is 244 g/mol. The Hall–Kier alpha value is -0.680. The summed E-state index contributed by atoms with van der Waals surface area (Å²) < 4.78 is 0.857. The van der Waals surface area contributed by atoms with Crippen LogP contribution in [0.2, 0.25) is 0 Å². The van der Waals surface area contributed by atoms with Crippen molar-refractivity contribution in [2.75, 3.05) is 11.9 Å². The number of hydrogen-bond acceptors (Lipinski definition) is 4. The van der Waals surface area contributed by atoms with Crippen LogP contribution in [-0.2, 0) is 0 Å².